The van der Waals surface area contributed by atoms with E-state index in [1.807, 2.05) is 17.4 Å². The van der Waals surface area contributed by atoms with Gasteiger partial charge >= 0.3 is 0 Å². The minimum atomic E-state index is -0.384. The maximum Gasteiger partial charge on any atom is 0.164 e. The summed E-state index contributed by atoms with van der Waals surface area (Å²) in [5.41, 5.74) is 16.8. The van der Waals surface area contributed by atoms with Gasteiger partial charge in [0.15, 0.2) is 17.5 Å². The fraction of sp³-hybridized carbons (Fsp3) is 0.0156. The number of hydrogen-bond donors (Lipinski definition) is 0. The van der Waals surface area contributed by atoms with Gasteiger partial charge in [0.1, 0.15) is 11.2 Å². The van der Waals surface area contributed by atoms with Crippen LogP contribution in [0.15, 0.2) is 217 Å². The lowest BCUT2D eigenvalue weighted by Gasteiger charge is -2.30. The Morgan fingerprint density at radius 2 is 0.800 bits per heavy atom. The molecule has 0 aliphatic heterocycles. The van der Waals surface area contributed by atoms with Gasteiger partial charge in [-0.25, -0.2) is 15.0 Å². The Bertz CT molecular complexity index is 4530. The van der Waals surface area contributed by atoms with E-state index >= 15 is 0 Å². The van der Waals surface area contributed by atoms with Crippen molar-refractivity contribution in [1.82, 2.24) is 15.0 Å². The molecule has 14 aromatic rings. The summed E-state index contributed by atoms with van der Waals surface area (Å²) in [5, 5.41) is 6.79. The summed E-state index contributed by atoms with van der Waals surface area (Å²) in [5.74, 6) is 1.86. The molecule has 2 aliphatic carbocycles. The molecule has 0 radical (unpaired) electrons. The average molecular weight is 926 g/mol. The summed E-state index contributed by atoms with van der Waals surface area (Å²) in [6.07, 6.45) is 0. The number of nitrogens with zero attached hydrogens (tertiary/aromatic N) is 3. The highest BCUT2D eigenvalue weighted by Crippen LogP contribution is 2.63. The number of furan rings is 1. The summed E-state index contributed by atoms with van der Waals surface area (Å²) >= 11 is 3.61. The van der Waals surface area contributed by atoms with Crippen LogP contribution < -0.4 is 0 Å². The molecule has 0 atom stereocenters. The molecule has 10 aromatic carbocycles. The van der Waals surface area contributed by atoms with Crippen LogP contribution in [-0.4, -0.2) is 15.0 Å². The normalized spacial score (nSPS) is 13.3. The van der Waals surface area contributed by atoms with Gasteiger partial charge in [0.05, 0.1) is 5.41 Å². The quantitative estimate of drug-likeness (QED) is 0.176. The monoisotopic (exact) mass is 925 g/mol. The van der Waals surface area contributed by atoms with Gasteiger partial charge in [-0.1, -0.05) is 152 Å². The molecule has 0 N–H and O–H groups in total. The van der Waals surface area contributed by atoms with Crippen LogP contribution >= 0.6 is 22.7 Å². The summed E-state index contributed by atoms with van der Waals surface area (Å²) < 4.78 is 11.6. The molecule has 0 unspecified atom stereocenters. The number of fused-ring (bicyclic) bond motifs is 19. The minimum Gasteiger partial charge on any atom is -0.456 e. The smallest absolute Gasteiger partial charge is 0.164 e. The first-order chi connectivity index (χ1) is 34.7. The van der Waals surface area contributed by atoms with Crippen molar-refractivity contribution >= 4 is 85.0 Å². The third kappa shape index (κ3) is 5.21. The van der Waals surface area contributed by atoms with Crippen molar-refractivity contribution in [2.75, 3.05) is 0 Å². The van der Waals surface area contributed by atoms with E-state index in [9.17, 15) is 0 Å². The molecule has 70 heavy (non-hydrogen) atoms. The van der Waals surface area contributed by atoms with Crippen molar-refractivity contribution in [2.45, 2.75) is 5.41 Å². The molecule has 0 bridgehead atoms. The van der Waals surface area contributed by atoms with Crippen molar-refractivity contribution in [3.8, 4) is 67.5 Å². The van der Waals surface area contributed by atoms with E-state index in [1.54, 1.807) is 11.3 Å². The van der Waals surface area contributed by atoms with Crippen LogP contribution in [-0.2, 0) is 5.41 Å². The summed E-state index contributed by atoms with van der Waals surface area (Å²) in [4.78, 5) is 16.2. The topological polar surface area (TPSA) is 51.8 Å². The maximum absolute atomic E-state index is 6.69. The zero-order chi connectivity index (χ0) is 45.7. The summed E-state index contributed by atoms with van der Waals surface area (Å²) in [7, 11) is 0. The zero-order valence-electron chi connectivity index (χ0n) is 37.3. The fourth-order valence-corrected chi connectivity index (χ4v) is 14.3. The second-order valence-corrected chi connectivity index (χ2v) is 20.7. The van der Waals surface area contributed by atoms with Crippen LogP contribution in [0.3, 0.4) is 0 Å². The molecule has 1 spiro atoms. The Kier molecular flexibility index (Phi) is 7.82. The molecule has 4 aromatic heterocycles. The standard InChI is InChI=1S/C64H35N3OS2/c1-6-20-49-39(13-1)40-14-2-7-21-50(40)64(49)51-22-8-3-15-41(51)46-33-36(27-30-52(46)64)37-28-31-53-48(34-37)59-44(18-11-23-54(59)68-53)62-65-61(38-29-32-57-47(35-38)42-16-4-9-24-55(42)69-57)66-63(67-62)45-19-12-26-58-60(45)43-17-5-10-25-56(43)70-58/h1-35H. The molecule has 0 saturated heterocycles. The van der Waals surface area contributed by atoms with Gasteiger partial charge in [-0.15, -0.1) is 22.7 Å². The van der Waals surface area contributed by atoms with Crippen molar-refractivity contribution in [3.63, 3.8) is 0 Å². The lowest BCUT2D eigenvalue weighted by Crippen LogP contribution is -2.25. The summed E-state index contributed by atoms with van der Waals surface area (Å²) in [6, 6.07) is 77.2. The highest BCUT2D eigenvalue weighted by Gasteiger charge is 2.51. The predicted molar refractivity (Wildman–Crippen MR) is 291 cm³/mol. The van der Waals surface area contributed by atoms with E-state index in [2.05, 4.69) is 206 Å². The highest BCUT2D eigenvalue weighted by molar-refractivity contribution is 7.26. The molecule has 4 heterocycles. The van der Waals surface area contributed by atoms with Crippen LogP contribution in [0, 0.1) is 0 Å². The van der Waals surface area contributed by atoms with E-state index in [0.29, 0.717) is 17.5 Å². The van der Waals surface area contributed by atoms with Gasteiger partial charge in [0, 0.05) is 67.8 Å². The van der Waals surface area contributed by atoms with Crippen molar-refractivity contribution < 1.29 is 4.42 Å². The number of rotatable bonds is 4. The second kappa shape index (κ2) is 14.2. The van der Waals surface area contributed by atoms with E-state index in [4.69, 9.17) is 19.4 Å². The van der Waals surface area contributed by atoms with Gasteiger partial charge < -0.3 is 4.42 Å². The molecule has 16 rings (SSSR count). The van der Waals surface area contributed by atoms with E-state index in [0.717, 1.165) is 55.1 Å². The molecular formula is C64H35N3OS2. The molecule has 6 heteroatoms. The predicted octanol–water partition coefficient (Wildman–Crippen LogP) is 17.5. The van der Waals surface area contributed by atoms with Crippen LogP contribution in [0.2, 0.25) is 0 Å². The van der Waals surface area contributed by atoms with Gasteiger partial charge in [0.2, 0.25) is 0 Å². The largest absolute Gasteiger partial charge is 0.456 e. The number of benzene rings is 10. The Morgan fingerprint density at radius 3 is 1.56 bits per heavy atom. The van der Waals surface area contributed by atoms with Crippen LogP contribution in [0.25, 0.3) is 130 Å². The molecule has 4 nitrogen and oxygen atoms in total. The van der Waals surface area contributed by atoms with E-state index in [1.165, 1.54) is 79.5 Å². The van der Waals surface area contributed by atoms with E-state index in [-0.39, 0.29) is 5.41 Å². The van der Waals surface area contributed by atoms with Crippen molar-refractivity contribution in [3.05, 3.63) is 235 Å². The summed E-state index contributed by atoms with van der Waals surface area (Å²) in [6.45, 7) is 0. The Labute approximate surface area is 409 Å². The average Bonchev–Trinajstić information content (AvgIpc) is 4.23. The first kappa shape index (κ1) is 38.4. The Balaban J connectivity index is 0.895. The van der Waals surface area contributed by atoms with Crippen molar-refractivity contribution in [1.29, 1.82) is 0 Å². The number of thiophene rings is 2. The lowest BCUT2D eigenvalue weighted by atomic mass is 9.70. The first-order valence-electron chi connectivity index (χ1n) is 23.7. The fourth-order valence-electron chi connectivity index (χ4n) is 12.0. The van der Waals surface area contributed by atoms with Crippen LogP contribution in [0.1, 0.15) is 22.3 Å². The van der Waals surface area contributed by atoms with Crippen LogP contribution in [0.5, 0.6) is 0 Å². The molecule has 2 aliphatic rings. The molecule has 0 amide bonds. The SMILES string of the molecule is c1ccc2c(c1)-c1ccccc1C21c2ccccc2-c2cc(-c3ccc4oc5cccc(-c6nc(-c7ccc8sc9ccccc9c8c7)nc(-c7cccc8sc9ccccc9c78)n6)c5c4c3)ccc21. The molecule has 0 fully saturated rings. The molecular weight excluding hydrogens is 891 g/mol. The van der Waals surface area contributed by atoms with Gasteiger partial charge in [0.25, 0.3) is 0 Å². The Hall–Kier alpha value is -8.55. The van der Waals surface area contributed by atoms with Gasteiger partial charge in [-0.2, -0.15) is 0 Å². The van der Waals surface area contributed by atoms with Gasteiger partial charge in [-0.05, 0) is 116 Å². The lowest BCUT2D eigenvalue weighted by molar-refractivity contribution is 0.669. The maximum atomic E-state index is 6.69. The van der Waals surface area contributed by atoms with Crippen LogP contribution in [0.4, 0.5) is 0 Å². The van der Waals surface area contributed by atoms with Gasteiger partial charge in [-0.3, -0.25) is 0 Å². The number of aromatic nitrogens is 3. The third-order valence-electron chi connectivity index (χ3n) is 15.0. The Morgan fingerprint density at radius 1 is 0.300 bits per heavy atom. The highest BCUT2D eigenvalue weighted by atomic mass is 32.1. The molecule has 0 saturated carbocycles. The minimum absolute atomic E-state index is 0.384. The first-order valence-corrected chi connectivity index (χ1v) is 25.3. The number of hydrogen-bond acceptors (Lipinski definition) is 6. The molecule has 324 valence electrons. The van der Waals surface area contributed by atoms with Crippen molar-refractivity contribution in [2.24, 2.45) is 0 Å². The van der Waals surface area contributed by atoms with E-state index < -0.39 is 0 Å². The zero-order valence-corrected chi connectivity index (χ0v) is 38.9. The third-order valence-corrected chi connectivity index (χ3v) is 17.3. The second-order valence-electron chi connectivity index (χ2n) is 18.5.